The predicted octanol–water partition coefficient (Wildman–Crippen LogP) is 1.12. The third-order valence-corrected chi connectivity index (χ3v) is 4.74. The molecule has 6 nitrogen and oxygen atoms in total. The second kappa shape index (κ2) is 5.68. The Morgan fingerprint density at radius 2 is 1.96 bits per heavy atom. The maximum absolute atomic E-state index is 13.0. The van der Waals surface area contributed by atoms with Crippen LogP contribution in [-0.4, -0.2) is 45.9 Å². The highest BCUT2D eigenvalue weighted by Gasteiger charge is 2.63. The summed E-state index contributed by atoms with van der Waals surface area (Å²) in [6, 6.07) is 8.76. The molecule has 1 aromatic carbocycles. The van der Waals surface area contributed by atoms with Crippen LogP contribution in [0.25, 0.3) is 0 Å². The van der Waals surface area contributed by atoms with Crippen LogP contribution in [0.1, 0.15) is 37.7 Å². The van der Waals surface area contributed by atoms with Crippen molar-refractivity contribution < 1.29 is 19.5 Å². The van der Waals surface area contributed by atoms with Crippen LogP contribution in [0.5, 0.6) is 0 Å². The van der Waals surface area contributed by atoms with Crippen LogP contribution in [-0.2, 0) is 14.4 Å². The van der Waals surface area contributed by atoms with Gasteiger partial charge in [0.1, 0.15) is 11.6 Å². The molecule has 2 fully saturated rings. The van der Waals surface area contributed by atoms with E-state index in [1.54, 1.807) is 0 Å². The van der Waals surface area contributed by atoms with Crippen molar-refractivity contribution in [2.75, 3.05) is 6.54 Å². The zero-order valence-electron chi connectivity index (χ0n) is 13.0. The Balaban J connectivity index is 1.88. The molecular weight excluding hydrogens is 296 g/mol. The minimum Gasteiger partial charge on any atom is -0.480 e. The van der Waals surface area contributed by atoms with Gasteiger partial charge in [0.2, 0.25) is 11.8 Å². The molecule has 0 bridgehead atoms. The van der Waals surface area contributed by atoms with Gasteiger partial charge in [0.25, 0.3) is 0 Å². The van der Waals surface area contributed by atoms with E-state index in [0.717, 1.165) is 5.56 Å². The van der Waals surface area contributed by atoms with Crippen molar-refractivity contribution in [1.82, 2.24) is 10.2 Å². The molecule has 3 rings (SSSR count). The first kappa shape index (κ1) is 15.5. The topological polar surface area (TPSA) is 86.7 Å². The van der Waals surface area contributed by atoms with Crippen LogP contribution >= 0.6 is 0 Å². The van der Waals surface area contributed by atoms with Crippen LogP contribution in [0, 0.1) is 0 Å². The van der Waals surface area contributed by atoms with Crippen molar-refractivity contribution in [3.05, 3.63) is 35.9 Å². The SMILES string of the molecule is CC(=O)NC1(C(=O)N2CCCC2C(=O)O)CC1c1ccccc1. The molecule has 0 aromatic heterocycles. The van der Waals surface area contributed by atoms with E-state index >= 15 is 0 Å². The van der Waals surface area contributed by atoms with E-state index in [-0.39, 0.29) is 17.7 Å². The van der Waals surface area contributed by atoms with Gasteiger partial charge in [0.05, 0.1) is 0 Å². The first-order valence-electron chi connectivity index (χ1n) is 7.83. The molecular formula is C17H20N2O4. The minimum atomic E-state index is -0.995. The Bertz CT molecular complexity index is 645. The summed E-state index contributed by atoms with van der Waals surface area (Å²) in [7, 11) is 0. The van der Waals surface area contributed by atoms with Gasteiger partial charge in [0, 0.05) is 19.4 Å². The molecule has 2 N–H and O–H groups in total. The fourth-order valence-electron chi connectivity index (χ4n) is 3.62. The van der Waals surface area contributed by atoms with E-state index in [4.69, 9.17) is 0 Å². The van der Waals surface area contributed by atoms with E-state index < -0.39 is 17.6 Å². The van der Waals surface area contributed by atoms with Gasteiger partial charge in [-0.15, -0.1) is 0 Å². The summed E-state index contributed by atoms with van der Waals surface area (Å²) in [6.07, 6.45) is 1.65. The molecule has 6 heteroatoms. The van der Waals surface area contributed by atoms with Crippen molar-refractivity contribution >= 4 is 17.8 Å². The molecule has 1 heterocycles. The number of carboxylic acid groups (broad SMARTS) is 1. The van der Waals surface area contributed by atoms with Crippen molar-refractivity contribution in [3.63, 3.8) is 0 Å². The molecule has 1 saturated carbocycles. The Labute approximate surface area is 134 Å². The number of benzene rings is 1. The van der Waals surface area contributed by atoms with Crippen LogP contribution in [0.4, 0.5) is 0 Å². The largest absolute Gasteiger partial charge is 0.480 e. The maximum atomic E-state index is 13.0. The molecule has 23 heavy (non-hydrogen) atoms. The number of nitrogens with one attached hydrogen (secondary N) is 1. The number of hydrogen-bond acceptors (Lipinski definition) is 3. The summed E-state index contributed by atoms with van der Waals surface area (Å²) in [6.45, 7) is 1.81. The number of aliphatic carboxylic acids is 1. The monoisotopic (exact) mass is 316 g/mol. The second-order valence-electron chi connectivity index (χ2n) is 6.31. The van der Waals surface area contributed by atoms with E-state index in [9.17, 15) is 19.5 Å². The van der Waals surface area contributed by atoms with Gasteiger partial charge in [-0.3, -0.25) is 9.59 Å². The number of hydrogen-bond donors (Lipinski definition) is 2. The first-order chi connectivity index (χ1) is 11.0. The summed E-state index contributed by atoms with van der Waals surface area (Å²) in [5.74, 6) is -1.63. The molecule has 2 amide bonds. The standard InChI is InChI=1S/C17H20N2O4/c1-11(20)18-17(10-13(17)12-6-3-2-4-7-12)16(23)19-9-5-8-14(19)15(21)22/h2-4,6-7,13-14H,5,8-10H2,1H3,(H,18,20)(H,21,22). The Morgan fingerprint density at radius 1 is 1.26 bits per heavy atom. The molecule has 0 radical (unpaired) electrons. The van der Waals surface area contributed by atoms with Crippen LogP contribution in [0.2, 0.25) is 0 Å². The van der Waals surface area contributed by atoms with Gasteiger partial charge in [0.15, 0.2) is 0 Å². The summed E-state index contributed by atoms with van der Waals surface area (Å²) < 4.78 is 0. The summed E-state index contributed by atoms with van der Waals surface area (Å²) in [5.41, 5.74) is -0.00808. The van der Waals surface area contributed by atoms with Gasteiger partial charge < -0.3 is 15.3 Å². The van der Waals surface area contributed by atoms with E-state index in [0.29, 0.717) is 25.8 Å². The third kappa shape index (κ3) is 2.69. The highest BCUT2D eigenvalue weighted by atomic mass is 16.4. The quantitative estimate of drug-likeness (QED) is 0.871. The molecule has 1 aliphatic heterocycles. The molecule has 2 aliphatic rings. The number of likely N-dealkylation sites (tertiary alicyclic amines) is 1. The summed E-state index contributed by atoms with van der Waals surface area (Å²) >= 11 is 0. The highest BCUT2D eigenvalue weighted by Crippen LogP contribution is 2.53. The number of amides is 2. The zero-order valence-corrected chi connectivity index (χ0v) is 13.0. The highest BCUT2D eigenvalue weighted by molar-refractivity contribution is 5.97. The average molecular weight is 316 g/mol. The molecule has 3 atom stereocenters. The molecule has 1 saturated heterocycles. The zero-order chi connectivity index (χ0) is 16.6. The molecule has 122 valence electrons. The summed E-state index contributed by atoms with van der Waals surface area (Å²) in [4.78, 5) is 37.4. The lowest BCUT2D eigenvalue weighted by Gasteiger charge is -2.28. The lowest BCUT2D eigenvalue weighted by atomic mass is 10.0. The molecule has 1 aliphatic carbocycles. The smallest absolute Gasteiger partial charge is 0.326 e. The normalized spacial score (nSPS) is 29.2. The second-order valence-corrected chi connectivity index (χ2v) is 6.31. The Hall–Kier alpha value is -2.37. The van der Waals surface area contributed by atoms with Crippen molar-refractivity contribution in [2.24, 2.45) is 0 Å². The lowest BCUT2D eigenvalue weighted by Crippen LogP contribution is -2.54. The first-order valence-corrected chi connectivity index (χ1v) is 7.83. The number of carbonyl (C=O) groups excluding carboxylic acids is 2. The van der Waals surface area contributed by atoms with Crippen LogP contribution < -0.4 is 5.32 Å². The molecule has 3 unspecified atom stereocenters. The van der Waals surface area contributed by atoms with Gasteiger partial charge in [-0.1, -0.05) is 30.3 Å². The Morgan fingerprint density at radius 3 is 2.57 bits per heavy atom. The third-order valence-electron chi connectivity index (χ3n) is 4.74. The number of rotatable bonds is 4. The van der Waals surface area contributed by atoms with Gasteiger partial charge in [-0.25, -0.2) is 4.79 Å². The predicted molar refractivity (Wildman–Crippen MR) is 82.7 cm³/mol. The van der Waals surface area contributed by atoms with E-state index in [1.807, 2.05) is 30.3 Å². The molecule has 1 aromatic rings. The maximum Gasteiger partial charge on any atom is 0.326 e. The number of nitrogens with zero attached hydrogens (tertiary/aromatic N) is 1. The number of carbonyl (C=O) groups is 3. The summed E-state index contributed by atoms with van der Waals surface area (Å²) in [5, 5.41) is 12.1. The van der Waals surface area contributed by atoms with Crippen LogP contribution in [0.15, 0.2) is 30.3 Å². The van der Waals surface area contributed by atoms with Crippen molar-refractivity contribution in [2.45, 2.75) is 43.7 Å². The minimum absolute atomic E-state index is 0.102. The number of carboxylic acids is 1. The van der Waals surface area contributed by atoms with Gasteiger partial charge in [-0.2, -0.15) is 0 Å². The van der Waals surface area contributed by atoms with Crippen LogP contribution in [0.3, 0.4) is 0 Å². The lowest BCUT2D eigenvalue weighted by molar-refractivity contribution is -0.150. The fourth-order valence-corrected chi connectivity index (χ4v) is 3.62. The van der Waals surface area contributed by atoms with Crippen molar-refractivity contribution in [3.8, 4) is 0 Å². The average Bonchev–Trinajstić information content (AvgIpc) is 3.02. The van der Waals surface area contributed by atoms with Gasteiger partial charge in [-0.05, 0) is 24.8 Å². The van der Waals surface area contributed by atoms with Crippen molar-refractivity contribution in [1.29, 1.82) is 0 Å². The van der Waals surface area contributed by atoms with E-state index in [1.165, 1.54) is 11.8 Å². The molecule has 0 spiro atoms. The fraction of sp³-hybridized carbons (Fsp3) is 0.471. The van der Waals surface area contributed by atoms with Gasteiger partial charge >= 0.3 is 5.97 Å². The Kier molecular flexibility index (Phi) is 3.83. The van der Waals surface area contributed by atoms with E-state index in [2.05, 4.69) is 5.32 Å².